The fourth-order valence-corrected chi connectivity index (χ4v) is 4.28. The molecule has 0 bridgehead atoms. The van der Waals surface area contributed by atoms with E-state index in [1.54, 1.807) is 6.07 Å². The molecule has 0 fully saturated rings. The zero-order chi connectivity index (χ0) is 23.5. The predicted octanol–water partition coefficient (Wildman–Crippen LogP) is 7.14. The number of benzene rings is 2. The highest BCUT2D eigenvalue weighted by atomic mass is 19.4. The highest BCUT2D eigenvalue weighted by Crippen LogP contribution is 2.31. The first-order valence-corrected chi connectivity index (χ1v) is 11.1. The summed E-state index contributed by atoms with van der Waals surface area (Å²) in [7, 11) is 1.93. The molecule has 0 radical (unpaired) electrons. The van der Waals surface area contributed by atoms with Crippen molar-refractivity contribution in [3.05, 3.63) is 87.6 Å². The van der Waals surface area contributed by atoms with Crippen molar-refractivity contribution in [1.82, 2.24) is 9.88 Å². The van der Waals surface area contributed by atoms with Crippen molar-refractivity contribution in [3.63, 3.8) is 0 Å². The molecule has 0 amide bonds. The molecule has 0 unspecified atom stereocenters. The van der Waals surface area contributed by atoms with Crippen molar-refractivity contribution in [2.24, 2.45) is 0 Å². The number of rotatable bonds is 7. The van der Waals surface area contributed by atoms with Gasteiger partial charge in [-0.05, 0) is 73.7 Å². The summed E-state index contributed by atoms with van der Waals surface area (Å²) in [5, 5.41) is 0. The molecule has 0 aliphatic carbocycles. The first kappa shape index (κ1) is 24.0. The van der Waals surface area contributed by atoms with E-state index in [9.17, 15) is 13.2 Å². The molecule has 0 saturated carbocycles. The number of aromatic nitrogens is 1. The van der Waals surface area contributed by atoms with Gasteiger partial charge in [-0.25, -0.2) is 0 Å². The number of aryl methyl sites for hydroxylation is 4. The first-order valence-electron chi connectivity index (χ1n) is 11.1. The minimum absolute atomic E-state index is 0.434. The fourth-order valence-electron chi connectivity index (χ4n) is 4.28. The lowest BCUT2D eigenvalue weighted by molar-refractivity contribution is -0.137. The van der Waals surface area contributed by atoms with Crippen molar-refractivity contribution in [3.8, 4) is 11.3 Å². The largest absolute Gasteiger partial charge is 0.416 e. The third-order valence-electron chi connectivity index (χ3n) is 5.94. The molecule has 1 heterocycles. The highest BCUT2D eigenvalue weighted by Gasteiger charge is 2.30. The van der Waals surface area contributed by atoms with E-state index in [-0.39, 0.29) is 0 Å². The van der Waals surface area contributed by atoms with Crippen LogP contribution >= 0.6 is 0 Å². The maximum absolute atomic E-state index is 13.0. The second-order valence-corrected chi connectivity index (χ2v) is 8.42. The summed E-state index contributed by atoms with van der Waals surface area (Å²) in [5.41, 5.74) is 8.09. The third-order valence-corrected chi connectivity index (χ3v) is 5.94. The topological polar surface area (TPSA) is 16.1 Å². The summed E-state index contributed by atoms with van der Waals surface area (Å²) in [4.78, 5) is 6.98. The molecule has 0 aliphatic rings. The van der Waals surface area contributed by atoms with Gasteiger partial charge in [-0.15, -0.1) is 0 Å². The van der Waals surface area contributed by atoms with Crippen LogP contribution in [-0.4, -0.2) is 16.9 Å². The fraction of sp³-hybridized carbons (Fsp3) is 0.370. The van der Waals surface area contributed by atoms with Gasteiger partial charge in [0.2, 0.25) is 0 Å². The Labute approximate surface area is 189 Å². The van der Waals surface area contributed by atoms with Crippen LogP contribution in [0, 0.1) is 13.8 Å². The summed E-state index contributed by atoms with van der Waals surface area (Å²) in [6, 6.07) is 14.1. The van der Waals surface area contributed by atoms with E-state index in [0.29, 0.717) is 18.7 Å². The number of alkyl halides is 3. The van der Waals surface area contributed by atoms with Crippen molar-refractivity contribution >= 4 is 0 Å². The molecule has 5 heteroatoms. The zero-order valence-electron chi connectivity index (χ0n) is 19.5. The van der Waals surface area contributed by atoms with Crippen LogP contribution in [0.5, 0.6) is 0 Å². The molecule has 0 N–H and O–H groups in total. The summed E-state index contributed by atoms with van der Waals surface area (Å²) in [6.45, 7) is 9.49. The van der Waals surface area contributed by atoms with E-state index in [1.165, 1.54) is 28.8 Å². The number of nitrogens with zero attached hydrogens (tertiary/aromatic N) is 2. The molecule has 3 rings (SSSR count). The molecule has 2 nitrogen and oxygen atoms in total. The Bertz CT molecular complexity index is 1040. The normalized spacial score (nSPS) is 11.9. The Morgan fingerprint density at radius 3 is 2.06 bits per heavy atom. The predicted molar refractivity (Wildman–Crippen MR) is 125 cm³/mol. The molecule has 32 heavy (non-hydrogen) atoms. The minimum Gasteiger partial charge on any atom is -0.298 e. The molecular weight excluding hydrogens is 409 g/mol. The second kappa shape index (κ2) is 9.86. The number of pyridine rings is 1. The lowest BCUT2D eigenvalue weighted by Gasteiger charge is -2.21. The van der Waals surface area contributed by atoms with Crippen LogP contribution in [-0.2, 0) is 32.1 Å². The third kappa shape index (κ3) is 5.39. The molecule has 1 aromatic heterocycles. The van der Waals surface area contributed by atoms with Crippen LogP contribution in [0.25, 0.3) is 11.3 Å². The SMILES string of the molecule is CCc1cccc(CC)c1-c1cc(C)c(CN(C)Cc2cccc(C(F)(F)F)c2)c(C)n1. The number of hydrogen-bond acceptors (Lipinski definition) is 2. The molecule has 170 valence electrons. The zero-order valence-corrected chi connectivity index (χ0v) is 19.5. The summed E-state index contributed by atoms with van der Waals surface area (Å²) in [5.74, 6) is 0. The van der Waals surface area contributed by atoms with Gasteiger partial charge in [-0.2, -0.15) is 13.2 Å². The molecular formula is C27H31F3N2. The Balaban J connectivity index is 1.86. The number of hydrogen-bond donors (Lipinski definition) is 0. The van der Waals surface area contributed by atoms with Gasteiger partial charge < -0.3 is 0 Å². The molecule has 0 atom stereocenters. The average Bonchev–Trinajstić information content (AvgIpc) is 2.75. The van der Waals surface area contributed by atoms with Gasteiger partial charge >= 0.3 is 6.18 Å². The molecule has 2 aromatic carbocycles. The van der Waals surface area contributed by atoms with Crippen molar-refractivity contribution in [2.75, 3.05) is 7.05 Å². The lowest BCUT2D eigenvalue weighted by atomic mass is 9.93. The first-order chi connectivity index (χ1) is 15.1. The summed E-state index contributed by atoms with van der Waals surface area (Å²) in [6.07, 6.45) is -2.43. The molecule has 0 spiro atoms. The van der Waals surface area contributed by atoms with Gasteiger partial charge in [0.25, 0.3) is 0 Å². The number of halogens is 3. The van der Waals surface area contributed by atoms with E-state index in [4.69, 9.17) is 4.98 Å². The van der Waals surface area contributed by atoms with Crippen molar-refractivity contribution in [1.29, 1.82) is 0 Å². The van der Waals surface area contributed by atoms with E-state index < -0.39 is 11.7 Å². The van der Waals surface area contributed by atoms with Gasteiger partial charge in [-0.1, -0.05) is 50.2 Å². The molecule has 0 aliphatic heterocycles. The Morgan fingerprint density at radius 1 is 0.875 bits per heavy atom. The van der Waals surface area contributed by atoms with Crippen LogP contribution in [0.1, 0.15) is 52.9 Å². The maximum Gasteiger partial charge on any atom is 0.416 e. The Kier molecular flexibility index (Phi) is 7.40. The van der Waals surface area contributed by atoms with Crippen LogP contribution in [0.4, 0.5) is 13.2 Å². The van der Waals surface area contributed by atoms with Crippen LogP contribution in [0.15, 0.2) is 48.5 Å². The van der Waals surface area contributed by atoms with Crippen molar-refractivity contribution in [2.45, 2.75) is 59.8 Å². The van der Waals surface area contributed by atoms with Gasteiger partial charge in [-0.3, -0.25) is 9.88 Å². The Morgan fingerprint density at radius 2 is 1.50 bits per heavy atom. The van der Waals surface area contributed by atoms with E-state index in [0.717, 1.165) is 41.4 Å². The smallest absolute Gasteiger partial charge is 0.298 e. The van der Waals surface area contributed by atoms with Gasteiger partial charge in [0, 0.05) is 24.3 Å². The quantitative estimate of drug-likeness (QED) is 0.388. The maximum atomic E-state index is 13.0. The monoisotopic (exact) mass is 440 g/mol. The Hall–Kier alpha value is -2.66. The van der Waals surface area contributed by atoms with Gasteiger partial charge in [0.15, 0.2) is 0 Å². The lowest BCUT2D eigenvalue weighted by Crippen LogP contribution is -2.19. The van der Waals surface area contributed by atoms with Crippen LogP contribution in [0.3, 0.4) is 0 Å². The standard InChI is InChI=1S/C27H31F3N2/c1-6-21-11-9-12-22(7-2)26(21)25-14-18(3)24(19(4)31-25)17-32(5)16-20-10-8-13-23(15-20)27(28,29)30/h8-15H,6-7,16-17H2,1-5H3. The summed E-state index contributed by atoms with van der Waals surface area (Å²) >= 11 is 0. The van der Waals surface area contributed by atoms with E-state index in [1.807, 2.05) is 18.9 Å². The van der Waals surface area contributed by atoms with Crippen molar-refractivity contribution < 1.29 is 13.2 Å². The van der Waals surface area contributed by atoms with Gasteiger partial charge in [0.05, 0.1) is 11.3 Å². The van der Waals surface area contributed by atoms with E-state index in [2.05, 4.69) is 45.0 Å². The molecule has 3 aromatic rings. The van der Waals surface area contributed by atoms with Crippen LogP contribution < -0.4 is 0 Å². The highest BCUT2D eigenvalue weighted by molar-refractivity contribution is 5.69. The van der Waals surface area contributed by atoms with Crippen LogP contribution in [0.2, 0.25) is 0 Å². The second-order valence-electron chi connectivity index (χ2n) is 8.42. The van der Waals surface area contributed by atoms with Gasteiger partial charge in [0.1, 0.15) is 0 Å². The summed E-state index contributed by atoms with van der Waals surface area (Å²) < 4.78 is 39.1. The molecule has 0 saturated heterocycles. The van der Waals surface area contributed by atoms with E-state index >= 15 is 0 Å². The minimum atomic E-state index is -4.33. The average molecular weight is 441 g/mol.